The number of aromatic nitrogens is 7. The Kier molecular flexibility index (Phi) is 3.11. The molecule has 4 rings (SSSR count). The number of anilines is 1. The molecule has 3 aromatic rings. The van der Waals surface area contributed by atoms with Crippen LogP contribution in [0.2, 0.25) is 0 Å². The summed E-state index contributed by atoms with van der Waals surface area (Å²) in [4.78, 5) is 18.5. The van der Waals surface area contributed by atoms with E-state index < -0.39 is 0 Å². The fraction of sp³-hybridized carbons (Fsp3) is 0.286. The Hall–Kier alpha value is -3.10. The predicted octanol–water partition coefficient (Wildman–Crippen LogP) is 0.519. The normalized spacial score (nSPS) is 13.9. The lowest BCUT2D eigenvalue weighted by atomic mass is 10.2. The van der Waals surface area contributed by atoms with Gasteiger partial charge < -0.3 is 0 Å². The molecule has 0 unspecified atom stereocenters. The Morgan fingerprint density at radius 3 is 2.87 bits per heavy atom. The summed E-state index contributed by atoms with van der Waals surface area (Å²) < 4.78 is 3.22. The second-order valence-corrected chi connectivity index (χ2v) is 5.29. The molecule has 0 radical (unpaired) electrons. The highest BCUT2D eigenvalue weighted by Gasteiger charge is 2.28. The topological polar surface area (TPSA) is 94.6 Å². The van der Waals surface area contributed by atoms with Crippen LogP contribution >= 0.6 is 0 Å². The van der Waals surface area contributed by atoms with Crippen LogP contribution < -0.4 is 4.90 Å². The molecule has 0 spiro atoms. The number of rotatable bonds is 2. The SMILES string of the molecule is Cn1nc(-c2ccncc2)cc1C(=O)N1CCCn2nnnc21. The van der Waals surface area contributed by atoms with Gasteiger partial charge in [-0.1, -0.05) is 5.10 Å². The van der Waals surface area contributed by atoms with Gasteiger partial charge in [-0.2, -0.15) is 5.10 Å². The first kappa shape index (κ1) is 13.6. The summed E-state index contributed by atoms with van der Waals surface area (Å²) in [6, 6.07) is 5.50. The number of carbonyl (C=O) groups is 1. The van der Waals surface area contributed by atoms with Gasteiger partial charge in [-0.3, -0.25) is 19.4 Å². The summed E-state index contributed by atoms with van der Waals surface area (Å²) in [5, 5.41) is 15.9. The number of nitrogens with zero attached hydrogens (tertiary/aromatic N) is 8. The van der Waals surface area contributed by atoms with Gasteiger partial charge in [-0.15, -0.1) is 0 Å². The van der Waals surface area contributed by atoms with Crippen LogP contribution in [0.15, 0.2) is 30.6 Å². The van der Waals surface area contributed by atoms with E-state index in [9.17, 15) is 4.79 Å². The van der Waals surface area contributed by atoms with Crippen LogP contribution in [0.5, 0.6) is 0 Å². The number of tetrazole rings is 1. The number of pyridine rings is 1. The molecule has 9 nitrogen and oxygen atoms in total. The van der Waals surface area contributed by atoms with Crippen LogP contribution in [0.3, 0.4) is 0 Å². The van der Waals surface area contributed by atoms with Crippen molar-refractivity contribution in [2.75, 3.05) is 11.4 Å². The quantitative estimate of drug-likeness (QED) is 0.685. The lowest BCUT2D eigenvalue weighted by Gasteiger charge is -2.24. The molecule has 0 saturated carbocycles. The van der Waals surface area contributed by atoms with Crippen molar-refractivity contribution < 1.29 is 4.79 Å². The van der Waals surface area contributed by atoms with Gasteiger partial charge in [0.2, 0.25) is 0 Å². The second kappa shape index (κ2) is 5.27. The molecule has 4 heterocycles. The predicted molar refractivity (Wildman–Crippen MR) is 80.5 cm³/mol. The number of aryl methyl sites for hydroxylation is 2. The Morgan fingerprint density at radius 2 is 2.04 bits per heavy atom. The number of fused-ring (bicyclic) bond motifs is 1. The molecule has 0 aliphatic carbocycles. The molecular formula is C14H14N8O. The number of hydrogen-bond donors (Lipinski definition) is 0. The molecule has 3 aromatic heterocycles. The Bertz CT molecular complexity index is 853. The molecule has 1 aliphatic heterocycles. The third-order valence-electron chi connectivity index (χ3n) is 3.83. The lowest BCUT2D eigenvalue weighted by Crippen LogP contribution is -2.39. The highest BCUT2D eigenvalue weighted by Crippen LogP contribution is 2.22. The molecule has 116 valence electrons. The van der Waals surface area contributed by atoms with Crippen LogP contribution in [-0.4, -0.2) is 47.4 Å². The Balaban J connectivity index is 1.70. The summed E-state index contributed by atoms with van der Waals surface area (Å²) in [5.74, 6) is 0.323. The molecule has 0 atom stereocenters. The molecule has 0 bridgehead atoms. The van der Waals surface area contributed by atoms with Gasteiger partial charge in [-0.25, -0.2) is 4.68 Å². The van der Waals surface area contributed by atoms with E-state index in [1.165, 1.54) is 0 Å². The number of amides is 1. The summed E-state index contributed by atoms with van der Waals surface area (Å²) in [7, 11) is 1.75. The van der Waals surface area contributed by atoms with Crippen LogP contribution in [0.4, 0.5) is 5.95 Å². The van der Waals surface area contributed by atoms with Crippen molar-refractivity contribution in [3.05, 3.63) is 36.3 Å². The van der Waals surface area contributed by atoms with Gasteiger partial charge in [0.25, 0.3) is 11.9 Å². The largest absolute Gasteiger partial charge is 0.278 e. The zero-order valence-corrected chi connectivity index (χ0v) is 12.5. The summed E-state index contributed by atoms with van der Waals surface area (Å²) in [5.41, 5.74) is 2.14. The van der Waals surface area contributed by atoms with Crippen molar-refractivity contribution >= 4 is 11.9 Å². The molecular weight excluding hydrogens is 296 g/mol. The lowest BCUT2D eigenvalue weighted by molar-refractivity contribution is 0.0971. The highest BCUT2D eigenvalue weighted by atomic mass is 16.2. The maximum Gasteiger partial charge on any atom is 0.278 e. The molecule has 9 heteroatoms. The minimum absolute atomic E-state index is 0.156. The van der Waals surface area contributed by atoms with E-state index in [1.807, 2.05) is 12.1 Å². The third kappa shape index (κ3) is 2.26. The molecule has 1 amide bonds. The third-order valence-corrected chi connectivity index (χ3v) is 3.83. The van der Waals surface area contributed by atoms with E-state index >= 15 is 0 Å². The van der Waals surface area contributed by atoms with Crippen molar-refractivity contribution in [2.24, 2.45) is 7.05 Å². The first-order chi connectivity index (χ1) is 11.2. The fourth-order valence-electron chi connectivity index (χ4n) is 2.68. The van der Waals surface area contributed by atoms with Crippen molar-refractivity contribution in [1.82, 2.24) is 35.0 Å². The van der Waals surface area contributed by atoms with Gasteiger partial charge in [0.1, 0.15) is 5.69 Å². The molecule has 0 fully saturated rings. The number of carbonyl (C=O) groups excluding carboxylic acids is 1. The van der Waals surface area contributed by atoms with Crippen molar-refractivity contribution in [1.29, 1.82) is 0 Å². The van der Waals surface area contributed by atoms with E-state index in [2.05, 4.69) is 25.6 Å². The monoisotopic (exact) mass is 310 g/mol. The first-order valence-corrected chi connectivity index (χ1v) is 7.26. The van der Waals surface area contributed by atoms with Gasteiger partial charge in [-0.05, 0) is 35.0 Å². The standard InChI is InChI=1S/C14H14N8O/c1-20-12(9-11(17-20)10-3-5-15-6-4-10)13(23)21-7-2-8-22-14(21)16-18-19-22/h3-6,9H,2,7-8H2,1H3. The van der Waals surface area contributed by atoms with Gasteiger partial charge in [0, 0.05) is 38.1 Å². The minimum Gasteiger partial charge on any atom is -0.274 e. The zero-order valence-electron chi connectivity index (χ0n) is 12.5. The summed E-state index contributed by atoms with van der Waals surface area (Å²) >= 11 is 0. The molecule has 0 aromatic carbocycles. The molecule has 1 aliphatic rings. The van der Waals surface area contributed by atoms with E-state index in [1.54, 1.807) is 39.8 Å². The van der Waals surface area contributed by atoms with E-state index in [0.29, 0.717) is 18.2 Å². The van der Waals surface area contributed by atoms with Crippen molar-refractivity contribution in [3.8, 4) is 11.3 Å². The van der Waals surface area contributed by atoms with Crippen molar-refractivity contribution in [2.45, 2.75) is 13.0 Å². The Labute approximate surface area is 131 Å². The molecule has 0 saturated heterocycles. The maximum absolute atomic E-state index is 12.9. The van der Waals surface area contributed by atoms with Gasteiger partial charge >= 0.3 is 0 Å². The average molecular weight is 310 g/mol. The van der Waals surface area contributed by atoms with Gasteiger partial charge in [0.15, 0.2) is 0 Å². The smallest absolute Gasteiger partial charge is 0.274 e. The summed E-state index contributed by atoms with van der Waals surface area (Å²) in [6.45, 7) is 1.31. The van der Waals surface area contributed by atoms with E-state index in [-0.39, 0.29) is 5.91 Å². The fourth-order valence-corrected chi connectivity index (χ4v) is 2.68. The highest BCUT2D eigenvalue weighted by molar-refractivity contribution is 6.04. The second-order valence-electron chi connectivity index (χ2n) is 5.29. The summed E-state index contributed by atoms with van der Waals surface area (Å²) in [6.07, 6.45) is 4.22. The van der Waals surface area contributed by atoms with Crippen LogP contribution in [0.25, 0.3) is 11.3 Å². The Morgan fingerprint density at radius 1 is 1.22 bits per heavy atom. The van der Waals surface area contributed by atoms with Crippen LogP contribution in [0.1, 0.15) is 16.9 Å². The van der Waals surface area contributed by atoms with Crippen LogP contribution in [0, 0.1) is 0 Å². The van der Waals surface area contributed by atoms with Crippen LogP contribution in [-0.2, 0) is 13.6 Å². The molecule has 23 heavy (non-hydrogen) atoms. The molecule has 0 N–H and O–H groups in total. The van der Waals surface area contributed by atoms with Crippen molar-refractivity contribution in [3.63, 3.8) is 0 Å². The number of hydrogen-bond acceptors (Lipinski definition) is 6. The zero-order chi connectivity index (χ0) is 15.8. The minimum atomic E-state index is -0.156. The first-order valence-electron chi connectivity index (χ1n) is 7.26. The average Bonchev–Trinajstić information content (AvgIpc) is 3.21. The van der Waals surface area contributed by atoms with E-state index in [4.69, 9.17) is 0 Å². The van der Waals surface area contributed by atoms with Gasteiger partial charge in [0.05, 0.1) is 5.69 Å². The van der Waals surface area contributed by atoms with E-state index in [0.717, 1.165) is 24.2 Å². The maximum atomic E-state index is 12.9.